The maximum Gasteiger partial charge on any atom is 0.226 e. The minimum Gasteiger partial charge on any atom is -0.494 e. The molecule has 5 nitrogen and oxygen atoms in total. The number of nitrogens with zero attached hydrogens (tertiary/aromatic N) is 2. The minimum atomic E-state index is 0.567. The van der Waals surface area contributed by atoms with Crippen molar-refractivity contribution in [3.63, 3.8) is 0 Å². The van der Waals surface area contributed by atoms with Gasteiger partial charge >= 0.3 is 0 Å². The van der Waals surface area contributed by atoms with Crippen molar-refractivity contribution in [2.45, 2.75) is 26.7 Å². The molecule has 0 atom stereocenters. The summed E-state index contributed by atoms with van der Waals surface area (Å²) in [6, 6.07) is 24.0. The molecular weight excluding hydrogens is 424 g/mol. The van der Waals surface area contributed by atoms with Gasteiger partial charge in [-0.2, -0.15) is 0 Å². The zero-order valence-corrected chi connectivity index (χ0v) is 19.3. The predicted molar refractivity (Wildman–Crippen MR) is 133 cm³/mol. The van der Waals surface area contributed by atoms with E-state index in [2.05, 4.69) is 35.9 Å². The fraction of sp³-hybridized carbons (Fsp3) is 0.172. The Kier molecular flexibility index (Phi) is 6.25. The van der Waals surface area contributed by atoms with Gasteiger partial charge in [-0.05, 0) is 61.9 Å². The molecule has 0 N–H and O–H groups in total. The maximum absolute atomic E-state index is 6.02. The Morgan fingerprint density at radius 3 is 1.62 bits per heavy atom. The van der Waals surface area contributed by atoms with Crippen LogP contribution >= 0.6 is 0 Å². The normalized spacial score (nSPS) is 11.0. The summed E-state index contributed by atoms with van der Waals surface area (Å²) in [7, 11) is 0. The molecule has 0 spiro atoms. The highest BCUT2D eigenvalue weighted by Crippen LogP contribution is 2.30. The fourth-order valence-electron chi connectivity index (χ4n) is 3.61. The Morgan fingerprint density at radius 1 is 0.647 bits per heavy atom. The van der Waals surface area contributed by atoms with Crippen LogP contribution in [0.15, 0.2) is 94.0 Å². The van der Waals surface area contributed by atoms with E-state index in [1.54, 1.807) is 12.4 Å². The number of aromatic nitrogens is 2. The maximum atomic E-state index is 6.02. The molecule has 0 fully saturated rings. The van der Waals surface area contributed by atoms with Crippen molar-refractivity contribution in [2.24, 2.45) is 0 Å². The van der Waals surface area contributed by atoms with Gasteiger partial charge in [0.15, 0.2) is 11.5 Å². The third kappa shape index (κ3) is 4.79. The van der Waals surface area contributed by atoms with Crippen molar-refractivity contribution in [3.05, 3.63) is 90.8 Å². The van der Waals surface area contributed by atoms with Gasteiger partial charge in [0, 0.05) is 22.3 Å². The third-order valence-corrected chi connectivity index (χ3v) is 5.63. The van der Waals surface area contributed by atoms with Crippen LogP contribution < -0.4 is 4.74 Å². The van der Waals surface area contributed by atoms with E-state index in [0.29, 0.717) is 11.8 Å². The van der Waals surface area contributed by atoms with Gasteiger partial charge in [-0.3, -0.25) is 0 Å². The lowest BCUT2D eigenvalue weighted by Gasteiger charge is -2.05. The average Bonchev–Trinajstić information content (AvgIpc) is 3.56. The van der Waals surface area contributed by atoms with Crippen LogP contribution in [0.1, 0.15) is 25.3 Å². The number of rotatable bonds is 8. The Morgan fingerprint density at radius 2 is 1.12 bits per heavy atom. The molecule has 3 aromatic carbocycles. The van der Waals surface area contributed by atoms with Gasteiger partial charge in [-0.1, -0.05) is 43.2 Å². The number of ether oxygens (including phenoxy) is 1. The molecule has 5 heteroatoms. The van der Waals surface area contributed by atoms with Crippen LogP contribution in [0.4, 0.5) is 0 Å². The molecule has 34 heavy (non-hydrogen) atoms. The molecule has 0 aliphatic heterocycles. The van der Waals surface area contributed by atoms with Crippen molar-refractivity contribution in [3.8, 4) is 51.3 Å². The van der Waals surface area contributed by atoms with Crippen LogP contribution in [0.3, 0.4) is 0 Å². The first-order valence-electron chi connectivity index (χ1n) is 11.5. The molecule has 5 aromatic rings. The summed E-state index contributed by atoms with van der Waals surface area (Å²) in [5.41, 5.74) is 4.96. The van der Waals surface area contributed by atoms with Crippen LogP contribution in [0.25, 0.3) is 45.6 Å². The molecule has 5 rings (SSSR count). The number of benzene rings is 3. The molecule has 0 radical (unpaired) electrons. The summed E-state index contributed by atoms with van der Waals surface area (Å²) in [5, 5.41) is 0. The summed E-state index contributed by atoms with van der Waals surface area (Å²) in [6.45, 7) is 4.95. The lowest BCUT2D eigenvalue weighted by Crippen LogP contribution is -1.95. The lowest BCUT2D eigenvalue weighted by atomic mass is 10.1. The van der Waals surface area contributed by atoms with Crippen molar-refractivity contribution >= 4 is 0 Å². The summed E-state index contributed by atoms with van der Waals surface area (Å²) in [4.78, 5) is 8.91. The largest absolute Gasteiger partial charge is 0.494 e. The van der Waals surface area contributed by atoms with Crippen LogP contribution in [-0.4, -0.2) is 16.6 Å². The molecule has 0 unspecified atom stereocenters. The number of unbranched alkanes of at least 4 members (excludes halogenated alkanes) is 1. The third-order valence-electron chi connectivity index (χ3n) is 5.63. The SMILES string of the molecule is CCCCOc1ccc(-c2cnc(-c3ccc(-c4ncc(-c5ccc(C)cc5)o4)cc3)o2)cc1. The van der Waals surface area contributed by atoms with Crippen LogP contribution in [0, 0.1) is 6.92 Å². The van der Waals surface area contributed by atoms with E-state index in [1.165, 1.54) is 5.56 Å². The fourth-order valence-corrected chi connectivity index (χ4v) is 3.61. The summed E-state index contributed by atoms with van der Waals surface area (Å²) in [6.07, 6.45) is 5.68. The zero-order valence-electron chi connectivity index (χ0n) is 19.3. The van der Waals surface area contributed by atoms with Gasteiger partial charge in [-0.25, -0.2) is 9.97 Å². The second-order valence-corrected chi connectivity index (χ2v) is 8.23. The summed E-state index contributed by atoms with van der Waals surface area (Å²) >= 11 is 0. The van der Waals surface area contributed by atoms with Crippen LogP contribution in [-0.2, 0) is 0 Å². The molecule has 2 aromatic heterocycles. The van der Waals surface area contributed by atoms with Gasteiger partial charge in [0.2, 0.25) is 11.8 Å². The summed E-state index contributed by atoms with van der Waals surface area (Å²) in [5.74, 6) is 3.48. The summed E-state index contributed by atoms with van der Waals surface area (Å²) < 4.78 is 17.7. The highest BCUT2D eigenvalue weighted by Gasteiger charge is 2.12. The molecule has 0 amide bonds. The van der Waals surface area contributed by atoms with Gasteiger partial charge in [0.05, 0.1) is 19.0 Å². The van der Waals surface area contributed by atoms with Gasteiger partial charge in [0.1, 0.15) is 5.75 Å². The van der Waals surface area contributed by atoms with Crippen molar-refractivity contribution in [1.82, 2.24) is 9.97 Å². The molecule has 0 saturated heterocycles. The topological polar surface area (TPSA) is 61.3 Å². The van der Waals surface area contributed by atoms with Crippen molar-refractivity contribution < 1.29 is 13.6 Å². The highest BCUT2D eigenvalue weighted by molar-refractivity contribution is 5.66. The average molecular weight is 451 g/mol. The Bertz CT molecular complexity index is 1350. The van der Waals surface area contributed by atoms with Crippen molar-refractivity contribution in [2.75, 3.05) is 6.61 Å². The molecule has 170 valence electrons. The second-order valence-electron chi connectivity index (χ2n) is 8.23. The van der Waals surface area contributed by atoms with Gasteiger partial charge in [0.25, 0.3) is 0 Å². The number of aryl methyl sites for hydroxylation is 1. The van der Waals surface area contributed by atoms with E-state index in [9.17, 15) is 0 Å². The standard InChI is InChI=1S/C29H26N2O3/c1-3-4-17-32-25-15-13-22(14-16-25)27-19-31-29(34-27)24-11-9-23(10-12-24)28-30-18-26(33-28)21-7-5-20(2)6-8-21/h5-16,18-19H,3-4,17H2,1-2H3. The van der Waals surface area contributed by atoms with E-state index < -0.39 is 0 Å². The zero-order chi connectivity index (χ0) is 23.3. The Balaban J connectivity index is 1.29. The minimum absolute atomic E-state index is 0.567. The molecule has 0 aliphatic carbocycles. The van der Waals surface area contributed by atoms with E-state index in [-0.39, 0.29) is 0 Å². The molecule has 0 bridgehead atoms. The van der Waals surface area contributed by atoms with Gasteiger partial charge in [-0.15, -0.1) is 0 Å². The molecular formula is C29H26N2O3. The first kappa shape index (κ1) is 21.7. The second kappa shape index (κ2) is 9.79. The Labute approximate surface area is 199 Å². The number of hydrogen-bond donors (Lipinski definition) is 0. The molecule has 2 heterocycles. The van der Waals surface area contributed by atoms with E-state index >= 15 is 0 Å². The van der Waals surface area contributed by atoms with Crippen LogP contribution in [0.2, 0.25) is 0 Å². The van der Waals surface area contributed by atoms with Gasteiger partial charge < -0.3 is 13.6 Å². The monoisotopic (exact) mass is 450 g/mol. The first-order valence-corrected chi connectivity index (χ1v) is 11.5. The smallest absolute Gasteiger partial charge is 0.226 e. The van der Waals surface area contributed by atoms with E-state index in [4.69, 9.17) is 13.6 Å². The first-order chi connectivity index (χ1) is 16.7. The molecule has 0 aliphatic rings. The predicted octanol–water partition coefficient (Wildman–Crippen LogP) is 7.82. The van der Waals surface area contributed by atoms with Crippen molar-refractivity contribution in [1.29, 1.82) is 0 Å². The number of oxazole rings is 2. The van der Waals surface area contributed by atoms with E-state index in [1.807, 2.05) is 60.7 Å². The quantitative estimate of drug-likeness (QED) is 0.226. The highest BCUT2D eigenvalue weighted by atomic mass is 16.5. The Hall–Kier alpha value is -4.12. The van der Waals surface area contributed by atoms with E-state index in [0.717, 1.165) is 59.0 Å². The van der Waals surface area contributed by atoms with Crippen LogP contribution in [0.5, 0.6) is 5.75 Å². The molecule has 0 saturated carbocycles. The number of hydrogen-bond acceptors (Lipinski definition) is 5. The lowest BCUT2D eigenvalue weighted by molar-refractivity contribution is 0.309.